The molecule has 1 rings (SSSR count). The minimum atomic E-state index is 0.110. The Kier molecular flexibility index (Phi) is 3.58. The molecular weight excluding hydrogens is 164 g/mol. The molecule has 0 aromatic heterocycles. The summed E-state index contributed by atoms with van der Waals surface area (Å²) in [6, 6.07) is 0.381. The molecule has 1 fully saturated rings. The first-order valence-electron chi connectivity index (χ1n) is 5.16. The van der Waals surface area contributed by atoms with Gasteiger partial charge in [-0.1, -0.05) is 13.8 Å². The molecule has 0 radical (unpaired) electrons. The number of likely N-dealkylation sites (tertiary alicyclic amines) is 1. The monoisotopic (exact) mass is 184 g/mol. The maximum Gasteiger partial charge on any atom is 0.317 e. The molecule has 0 unspecified atom stereocenters. The van der Waals surface area contributed by atoms with Crippen LogP contribution < -0.4 is 5.32 Å². The zero-order chi connectivity index (χ0) is 9.84. The Morgan fingerprint density at radius 1 is 1.23 bits per heavy atom. The lowest BCUT2D eigenvalue weighted by molar-refractivity contribution is 0.202. The SMILES string of the molecule is CC(C)[C@@H](C)NC(=O)N1CCCC1. The molecule has 1 saturated heterocycles. The summed E-state index contributed by atoms with van der Waals surface area (Å²) in [6.07, 6.45) is 2.31. The molecular formula is C10H20N2O. The Balaban J connectivity index is 2.31. The molecule has 1 N–H and O–H groups in total. The van der Waals surface area contributed by atoms with E-state index in [0.29, 0.717) is 5.92 Å². The maximum atomic E-state index is 11.6. The van der Waals surface area contributed by atoms with Crippen LogP contribution in [0.1, 0.15) is 33.6 Å². The first-order chi connectivity index (χ1) is 6.11. The van der Waals surface area contributed by atoms with E-state index < -0.39 is 0 Å². The fourth-order valence-corrected chi connectivity index (χ4v) is 1.37. The van der Waals surface area contributed by atoms with Crippen LogP contribution in [0.4, 0.5) is 4.79 Å². The molecule has 1 aliphatic heterocycles. The molecule has 76 valence electrons. The normalized spacial score (nSPS) is 19.2. The van der Waals surface area contributed by atoms with Crippen LogP contribution >= 0.6 is 0 Å². The van der Waals surface area contributed by atoms with Crippen LogP contribution in [0.25, 0.3) is 0 Å². The summed E-state index contributed by atoms with van der Waals surface area (Å²) in [7, 11) is 0. The lowest BCUT2D eigenvalue weighted by Gasteiger charge is -2.22. The van der Waals surface area contributed by atoms with Gasteiger partial charge in [0.05, 0.1) is 0 Å². The summed E-state index contributed by atoms with van der Waals surface area (Å²) in [5.41, 5.74) is 0. The Labute approximate surface area is 80.5 Å². The number of carbonyl (C=O) groups is 1. The van der Waals surface area contributed by atoms with Crippen LogP contribution in [0.15, 0.2) is 0 Å². The van der Waals surface area contributed by atoms with Gasteiger partial charge >= 0.3 is 6.03 Å². The largest absolute Gasteiger partial charge is 0.335 e. The van der Waals surface area contributed by atoms with Crippen molar-refractivity contribution in [3.05, 3.63) is 0 Å². The van der Waals surface area contributed by atoms with Crippen molar-refractivity contribution in [2.45, 2.75) is 39.7 Å². The Hall–Kier alpha value is -0.730. The second kappa shape index (κ2) is 4.49. The summed E-state index contributed by atoms with van der Waals surface area (Å²) in [5.74, 6) is 0.506. The number of nitrogens with one attached hydrogen (secondary N) is 1. The highest BCUT2D eigenvalue weighted by Crippen LogP contribution is 2.08. The van der Waals surface area contributed by atoms with Crippen LogP contribution in [-0.2, 0) is 0 Å². The van der Waals surface area contributed by atoms with Gasteiger partial charge in [-0.2, -0.15) is 0 Å². The van der Waals surface area contributed by atoms with E-state index in [0.717, 1.165) is 25.9 Å². The van der Waals surface area contributed by atoms with Crippen LogP contribution in [0.2, 0.25) is 0 Å². The van der Waals surface area contributed by atoms with Gasteiger partial charge in [-0.05, 0) is 25.7 Å². The Morgan fingerprint density at radius 3 is 2.23 bits per heavy atom. The van der Waals surface area contributed by atoms with Gasteiger partial charge < -0.3 is 10.2 Å². The summed E-state index contributed by atoms with van der Waals surface area (Å²) in [5, 5.41) is 3.01. The van der Waals surface area contributed by atoms with E-state index >= 15 is 0 Å². The fraction of sp³-hybridized carbons (Fsp3) is 0.900. The third kappa shape index (κ3) is 2.90. The standard InChI is InChI=1S/C10H20N2O/c1-8(2)9(3)11-10(13)12-6-4-5-7-12/h8-9H,4-7H2,1-3H3,(H,11,13)/t9-/m1/s1. The number of rotatable bonds is 2. The van der Waals surface area contributed by atoms with Crippen LogP contribution in [-0.4, -0.2) is 30.1 Å². The molecule has 1 aliphatic rings. The predicted molar refractivity (Wildman–Crippen MR) is 53.6 cm³/mol. The van der Waals surface area contributed by atoms with Gasteiger partial charge in [-0.25, -0.2) is 4.79 Å². The highest BCUT2D eigenvalue weighted by molar-refractivity contribution is 5.74. The number of urea groups is 1. The fourth-order valence-electron chi connectivity index (χ4n) is 1.37. The number of hydrogen-bond donors (Lipinski definition) is 1. The molecule has 1 atom stereocenters. The van der Waals surface area contributed by atoms with Crippen molar-refractivity contribution < 1.29 is 4.79 Å². The van der Waals surface area contributed by atoms with Gasteiger partial charge in [-0.15, -0.1) is 0 Å². The maximum absolute atomic E-state index is 11.6. The third-order valence-corrected chi connectivity index (χ3v) is 2.74. The molecule has 1 heterocycles. The van der Waals surface area contributed by atoms with E-state index in [2.05, 4.69) is 26.1 Å². The molecule has 0 spiro atoms. The van der Waals surface area contributed by atoms with E-state index in [1.165, 1.54) is 0 Å². The molecule has 3 nitrogen and oxygen atoms in total. The van der Waals surface area contributed by atoms with Crippen molar-refractivity contribution in [2.75, 3.05) is 13.1 Å². The van der Waals surface area contributed by atoms with Gasteiger partial charge in [0, 0.05) is 19.1 Å². The van der Waals surface area contributed by atoms with Crippen molar-refractivity contribution in [3.63, 3.8) is 0 Å². The second-order valence-electron chi connectivity index (χ2n) is 4.18. The molecule has 0 saturated carbocycles. The zero-order valence-corrected chi connectivity index (χ0v) is 8.84. The number of nitrogens with zero attached hydrogens (tertiary/aromatic N) is 1. The molecule has 0 aromatic carbocycles. The second-order valence-corrected chi connectivity index (χ2v) is 4.18. The van der Waals surface area contributed by atoms with E-state index in [1.54, 1.807) is 0 Å². The predicted octanol–water partition coefficient (Wildman–Crippen LogP) is 1.84. The number of amides is 2. The minimum Gasteiger partial charge on any atom is -0.335 e. The van der Waals surface area contributed by atoms with Crippen molar-refractivity contribution >= 4 is 6.03 Å². The van der Waals surface area contributed by atoms with E-state index in [1.807, 2.05) is 4.90 Å². The molecule has 2 amide bonds. The molecule has 3 heteroatoms. The Morgan fingerprint density at radius 2 is 1.77 bits per heavy atom. The Bertz CT molecular complexity index is 174. The summed E-state index contributed by atoms with van der Waals surface area (Å²) < 4.78 is 0. The van der Waals surface area contributed by atoms with Crippen LogP contribution in [0.5, 0.6) is 0 Å². The number of carbonyl (C=O) groups excluding carboxylic acids is 1. The minimum absolute atomic E-state index is 0.110. The molecule has 0 bridgehead atoms. The average Bonchev–Trinajstić information content (AvgIpc) is 2.55. The third-order valence-electron chi connectivity index (χ3n) is 2.74. The smallest absolute Gasteiger partial charge is 0.317 e. The van der Waals surface area contributed by atoms with Crippen LogP contribution in [0.3, 0.4) is 0 Å². The van der Waals surface area contributed by atoms with Gasteiger partial charge in [0.25, 0.3) is 0 Å². The molecule has 13 heavy (non-hydrogen) atoms. The van der Waals surface area contributed by atoms with Crippen LogP contribution in [0, 0.1) is 5.92 Å². The lowest BCUT2D eigenvalue weighted by atomic mass is 10.1. The molecule has 0 aromatic rings. The van der Waals surface area contributed by atoms with Crippen molar-refractivity contribution in [1.29, 1.82) is 0 Å². The van der Waals surface area contributed by atoms with Gasteiger partial charge in [0.2, 0.25) is 0 Å². The lowest BCUT2D eigenvalue weighted by Crippen LogP contribution is -2.44. The van der Waals surface area contributed by atoms with Crippen molar-refractivity contribution in [2.24, 2.45) is 5.92 Å². The summed E-state index contributed by atoms with van der Waals surface area (Å²) in [6.45, 7) is 8.15. The first kappa shape index (κ1) is 10.4. The van der Waals surface area contributed by atoms with E-state index in [-0.39, 0.29) is 12.1 Å². The zero-order valence-electron chi connectivity index (χ0n) is 8.84. The summed E-state index contributed by atoms with van der Waals surface area (Å²) >= 11 is 0. The van der Waals surface area contributed by atoms with Gasteiger partial charge in [-0.3, -0.25) is 0 Å². The highest BCUT2D eigenvalue weighted by atomic mass is 16.2. The van der Waals surface area contributed by atoms with Gasteiger partial charge in [0.1, 0.15) is 0 Å². The topological polar surface area (TPSA) is 32.3 Å². The quantitative estimate of drug-likeness (QED) is 0.697. The van der Waals surface area contributed by atoms with E-state index in [4.69, 9.17) is 0 Å². The van der Waals surface area contributed by atoms with Crippen molar-refractivity contribution in [1.82, 2.24) is 10.2 Å². The number of hydrogen-bond acceptors (Lipinski definition) is 1. The average molecular weight is 184 g/mol. The van der Waals surface area contributed by atoms with E-state index in [9.17, 15) is 4.79 Å². The highest BCUT2D eigenvalue weighted by Gasteiger charge is 2.19. The molecule has 0 aliphatic carbocycles. The van der Waals surface area contributed by atoms with Crippen molar-refractivity contribution in [3.8, 4) is 0 Å². The van der Waals surface area contributed by atoms with Gasteiger partial charge in [0.15, 0.2) is 0 Å². The first-order valence-corrected chi connectivity index (χ1v) is 5.16. The summed E-state index contributed by atoms with van der Waals surface area (Å²) in [4.78, 5) is 13.5.